The number of aromatic nitrogens is 3. The van der Waals surface area contributed by atoms with E-state index in [9.17, 15) is 9.59 Å². The van der Waals surface area contributed by atoms with Crippen LogP contribution < -0.4 is 5.32 Å². The van der Waals surface area contributed by atoms with Gasteiger partial charge in [-0.3, -0.25) is 9.89 Å². The topological polar surface area (TPSA) is 111 Å². The summed E-state index contributed by atoms with van der Waals surface area (Å²) in [5.41, 5.74) is 0. The Morgan fingerprint density at radius 1 is 1.61 bits per heavy atom. The Labute approximate surface area is 104 Å². The molecule has 0 spiro atoms. The first-order valence-corrected chi connectivity index (χ1v) is 5.56. The molecule has 0 saturated carbocycles. The Hall–Kier alpha value is -2.12. The van der Waals surface area contributed by atoms with Crippen LogP contribution in [0.5, 0.6) is 0 Å². The minimum atomic E-state index is -0.862. The first kappa shape index (κ1) is 13.9. The van der Waals surface area contributed by atoms with Crippen LogP contribution in [0, 0.1) is 5.92 Å². The van der Waals surface area contributed by atoms with Gasteiger partial charge in [0.25, 0.3) is 0 Å². The van der Waals surface area contributed by atoms with E-state index < -0.39 is 11.9 Å². The molecule has 0 saturated heterocycles. The zero-order valence-corrected chi connectivity index (χ0v) is 10.4. The molecule has 0 aliphatic heterocycles. The molecule has 1 aromatic rings. The van der Waals surface area contributed by atoms with E-state index >= 15 is 0 Å². The zero-order valence-electron chi connectivity index (χ0n) is 10.4. The lowest BCUT2D eigenvalue weighted by molar-refractivity contribution is -0.141. The minimum absolute atomic E-state index is 0.274. The summed E-state index contributed by atoms with van der Waals surface area (Å²) in [7, 11) is 1.62. The fourth-order valence-corrected chi connectivity index (χ4v) is 1.26. The fraction of sp³-hybridized carbons (Fsp3) is 0.600. The third kappa shape index (κ3) is 4.40. The summed E-state index contributed by atoms with van der Waals surface area (Å²) in [5.74, 6) is -0.740. The van der Waals surface area contributed by atoms with E-state index in [0.717, 1.165) is 0 Å². The predicted octanol–water partition coefficient (Wildman–Crippen LogP) is 0.0569. The number of hydrogen-bond donors (Lipinski definition) is 3. The van der Waals surface area contributed by atoms with Crippen molar-refractivity contribution in [1.82, 2.24) is 25.4 Å². The van der Waals surface area contributed by atoms with Gasteiger partial charge in [-0.1, -0.05) is 6.92 Å². The smallest absolute Gasteiger partial charge is 0.317 e. The van der Waals surface area contributed by atoms with Gasteiger partial charge in [0.05, 0.1) is 12.5 Å². The van der Waals surface area contributed by atoms with Crippen LogP contribution in [0.2, 0.25) is 0 Å². The molecule has 8 nitrogen and oxygen atoms in total. The zero-order chi connectivity index (χ0) is 13.5. The van der Waals surface area contributed by atoms with Gasteiger partial charge in [0.1, 0.15) is 12.2 Å². The molecule has 0 aliphatic rings. The molecule has 1 rings (SSSR count). The third-order valence-electron chi connectivity index (χ3n) is 2.47. The molecular weight excluding hydrogens is 238 g/mol. The fourth-order valence-electron chi connectivity index (χ4n) is 1.26. The second-order valence-corrected chi connectivity index (χ2v) is 4.05. The average molecular weight is 255 g/mol. The maximum absolute atomic E-state index is 11.6. The molecule has 0 bridgehead atoms. The number of carbonyl (C=O) groups is 2. The number of aromatic amines is 1. The summed E-state index contributed by atoms with van der Waals surface area (Å²) in [6.45, 7) is 2.25. The van der Waals surface area contributed by atoms with Crippen LogP contribution in [-0.4, -0.2) is 50.8 Å². The predicted molar refractivity (Wildman–Crippen MR) is 62.7 cm³/mol. The van der Waals surface area contributed by atoms with Gasteiger partial charge in [0, 0.05) is 13.6 Å². The lowest BCUT2D eigenvalue weighted by Gasteiger charge is -2.16. The van der Waals surface area contributed by atoms with Crippen molar-refractivity contribution < 1.29 is 14.7 Å². The SMILES string of the molecule is CC(CCNC(=O)N(C)Cc1ncn[nH]1)C(=O)O. The van der Waals surface area contributed by atoms with Crippen LogP contribution in [-0.2, 0) is 11.3 Å². The summed E-state index contributed by atoms with van der Waals surface area (Å²) in [4.78, 5) is 27.5. The van der Waals surface area contributed by atoms with Gasteiger partial charge in [-0.05, 0) is 6.42 Å². The number of nitrogens with one attached hydrogen (secondary N) is 2. The molecule has 1 heterocycles. The van der Waals surface area contributed by atoms with Crippen LogP contribution in [0.3, 0.4) is 0 Å². The summed E-state index contributed by atoms with van der Waals surface area (Å²) in [6.07, 6.45) is 1.77. The van der Waals surface area contributed by atoms with Crippen LogP contribution in [0.15, 0.2) is 6.33 Å². The second-order valence-electron chi connectivity index (χ2n) is 4.05. The number of carboxylic acids is 1. The number of H-pyrrole nitrogens is 1. The van der Waals surface area contributed by atoms with E-state index in [4.69, 9.17) is 5.11 Å². The maximum atomic E-state index is 11.6. The van der Waals surface area contributed by atoms with Gasteiger partial charge in [-0.25, -0.2) is 9.78 Å². The van der Waals surface area contributed by atoms with Crippen molar-refractivity contribution >= 4 is 12.0 Å². The van der Waals surface area contributed by atoms with E-state index in [1.807, 2.05) is 0 Å². The molecule has 2 amide bonds. The van der Waals surface area contributed by atoms with Crippen molar-refractivity contribution in [2.75, 3.05) is 13.6 Å². The van der Waals surface area contributed by atoms with Crippen molar-refractivity contribution in [3.63, 3.8) is 0 Å². The van der Waals surface area contributed by atoms with Gasteiger partial charge in [0.2, 0.25) is 0 Å². The molecule has 3 N–H and O–H groups in total. The van der Waals surface area contributed by atoms with Crippen LogP contribution in [0.25, 0.3) is 0 Å². The number of nitrogens with zero attached hydrogens (tertiary/aromatic N) is 3. The molecule has 8 heteroatoms. The number of carboxylic acid groups (broad SMARTS) is 1. The van der Waals surface area contributed by atoms with Crippen molar-refractivity contribution in [2.24, 2.45) is 5.92 Å². The van der Waals surface area contributed by atoms with E-state index in [2.05, 4.69) is 20.5 Å². The Balaban J connectivity index is 2.26. The third-order valence-corrected chi connectivity index (χ3v) is 2.47. The molecule has 1 atom stereocenters. The number of amides is 2. The highest BCUT2D eigenvalue weighted by Crippen LogP contribution is 2.00. The summed E-state index contributed by atoms with van der Waals surface area (Å²) in [5, 5.41) is 17.7. The van der Waals surface area contributed by atoms with E-state index in [-0.39, 0.29) is 6.03 Å². The minimum Gasteiger partial charge on any atom is -0.481 e. The molecule has 0 aliphatic carbocycles. The van der Waals surface area contributed by atoms with Gasteiger partial charge in [0.15, 0.2) is 0 Å². The molecule has 0 fully saturated rings. The molecule has 1 unspecified atom stereocenters. The molecule has 18 heavy (non-hydrogen) atoms. The van der Waals surface area contributed by atoms with Crippen LogP contribution in [0.4, 0.5) is 4.79 Å². The van der Waals surface area contributed by atoms with E-state index in [0.29, 0.717) is 25.3 Å². The Kier molecular flexibility index (Phi) is 5.09. The molecule has 0 aromatic carbocycles. The Morgan fingerprint density at radius 3 is 2.89 bits per heavy atom. The molecular formula is C10H17N5O3. The highest BCUT2D eigenvalue weighted by molar-refractivity contribution is 5.74. The quantitative estimate of drug-likeness (QED) is 0.665. The van der Waals surface area contributed by atoms with Crippen molar-refractivity contribution in [3.8, 4) is 0 Å². The van der Waals surface area contributed by atoms with Crippen molar-refractivity contribution in [1.29, 1.82) is 0 Å². The maximum Gasteiger partial charge on any atom is 0.317 e. The monoisotopic (exact) mass is 255 g/mol. The van der Waals surface area contributed by atoms with Gasteiger partial charge in [-0.15, -0.1) is 0 Å². The molecule has 0 radical (unpaired) electrons. The summed E-state index contributed by atoms with van der Waals surface area (Å²) in [6, 6.07) is -0.274. The average Bonchev–Trinajstić information content (AvgIpc) is 2.81. The number of carbonyl (C=O) groups excluding carboxylic acids is 1. The largest absolute Gasteiger partial charge is 0.481 e. The van der Waals surface area contributed by atoms with Crippen LogP contribution in [0.1, 0.15) is 19.2 Å². The first-order valence-electron chi connectivity index (χ1n) is 5.56. The highest BCUT2D eigenvalue weighted by Gasteiger charge is 2.13. The summed E-state index contributed by atoms with van der Waals surface area (Å²) < 4.78 is 0. The Morgan fingerprint density at radius 2 is 2.33 bits per heavy atom. The van der Waals surface area contributed by atoms with E-state index in [1.54, 1.807) is 14.0 Å². The van der Waals surface area contributed by atoms with Crippen molar-refractivity contribution in [3.05, 3.63) is 12.2 Å². The molecule has 1 aromatic heterocycles. The number of aliphatic carboxylic acids is 1. The lowest BCUT2D eigenvalue weighted by atomic mass is 10.1. The highest BCUT2D eigenvalue weighted by atomic mass is 16.4. The van der Waals surface area contributed by atoms with Crippen molar-refractivity contribution in [2.45, 2.75) is 19.9 Å². The normalized spacial score (nSPS) is 11.9. The van der Waals surface area contributed by atoms with Crippen LogP contribution >= 0.6 is 0 Å². The van der Waals surface area contributed by atoms with Gasteiger partial charge < -0.3 is 15.3 Å². The van der Waals surface area contributed by atoms with Gasteiger partial charge in [-0.2, -0.15) is 5.10 Å². The summed E-state index contributed by atoms with van der Waals surface area (Å²) >= 11 is 0. The number of rotatable bonds is 6. The first-order chi connectivity index (χ1) is 8.50. The molecule has 100 valence electrons. The number of urea groups is 1. The van der Waals surface area contributed by atoms with E-state index in [1.165, 1.54) is 11.2 Å². The Bertz CT molecular complexity index is 392. The number of hydrogen-bond acceptors (Lipinski definition) is 4. The standard InChI is InChI=1S/C10H17N5O3/c1-7(9(16)17)3-4-11-10(18)15(2)5-8-12-6-13-14-8/h6-7H,3-5H2,1-2H3,(H,11,18)(H,16,17)(H,12,13,14). The second kappa shape index (κ2) is 6.58. The van der Waals surface area contributed by atoms with Gasteiger partial charge >= 0.3 is 12.0 Å². The lowest BCUT2D eigenvalue weighted by Crippen LogP contribution is -2.38.